The Morgan fingerprint density at radius 1 is 1.30 bits per heavy atom. The molecule has 0 aromatic heterocycles. The Morgan fingerprint density at radius 3 is 2.65 bits per heavy atom. The van der Waals surface area contributed by atoms with E-state index >= 15 is 0 Å². The van der Waals surface area contributed by atoms with Gasteiger partial charge in [0.25, 0.3) is 0 Å². The minimum absolute atomic E-state index is 0. The normalized spacial score (nSPS) is 16.6. The second-order valence-electron chi connectivity index (χ2n) is 5.26. The fourth-order valence-corrected chi connectivity index (χ4v) is 2.81. The van der Waals surface area contributed by atoms with Crippen molar-refractivity contribution in [2.45, 2.75) is 25.3 Å². The number of carbonyl (C=O) groups excluding carboxylic acids is 2. The zero-order chi connectivity index (χ0) is 15.9. The number of hydrogen-bond donors (Lipinski definition) is 3. The van der Waals surface area contributed by atoms with Gasteiger partial charge in [-0.25, -0.2) is 4.79 Å². The Morgan fingerprint density at radius 2 is 2.00 bits per heavy atom. The van der Waals surface area contributed by atoms with Crippen molar-refractivity contribution in [2.24, 2.45) is 5.73 Å². The van der Waals surface area contributed by atoms with Crippen molar-refractivity contribution in [3.63, 3.8) is 0 Å². The first-order valence-electron chi connectivity index (χ1n) is 7.40. The molecular weight excluding hydrogens is 384 g/mol. The van der Waals surface area contributed by atoms with Crippen molar-refractivity contribution in [3.05, 3.63) is 28.7 Å². The van der Waals surface area contributed by atoms with Crippen LogP contribution in [0.15, 0.2) is 28.7 Å². The van der Waals surface area contributed by atoms with Gasteiger partial charge < -0.3 is 21.3 Å². The summed E-state index contributed by atoms with van der Waals surface area (Å²) in [6.45, 7) is 1.59. The SMILES string of the molecule is Cl.NCC1CCCN1C(=O)CCNC(=O)Nc1ccc(Br)cc1. The molecule has 0 radical (unpaired) electrons. The van der Waals surface area contributed by atoms with Crippen LogP contribution in [0.25, 0.3) is 0 Å². The summed E-state index contributed by atoms with van der Waals surface area (Å²) >= 11 is 3.33. The van der Waals surface area contributed by atoms with Crippen LogP contribution >= 0.6 is 28.3 Å². The number of nitrogens with one attached hydrogen (secondary N) is 2. The van der Waals surface area contributed by atoms with Gasteiger partial charge in [0.2, 0.25) is 5.91 Å². The molecule has 0 aliphatic carbocycles. The van der Waals surface area contributed by atoms with E-state index in [0.717, 1.165) is 23.9 Å². The first-order valence-corrected chi connectivity index (χ1v) is 8.19. The number of amides is 3. The summed E-state index contributed by atoms with van der Waals surface area (Å²) in [6, 6.07) is 7.13. The quantitative estimate of drug-likeness (QED) is 0.702. The van der Waals surface area contributed by atoms with Gasteiger partial charge in [0.05, 0.1) is 0 Å². The van der Waals surface area contributed by atoms with Crippen molar-refractivity contribution in [3.8, 4) is 0 Å². The molecule has 0 bridgehead atoms. The van der Waals surface area contributed by atoms with E-state index in [1.165, 1.54) is 0 Å². The van der Waals surface area contributed by atoms with Crippen LogP contribution in [0.4, 0.5) is 10.5 Å². The van der Waals surface area contributed by atoms with Crippen LogP contribution in [0.3, 0.4) is 0 Å². The Bertz CT molecular complexity index is 527. The summed E-state index contributed by atoms with van der Waals surface area (Å²) in [4.78, 5) is 25.7. The van der Waals surface area contributed by atoms with E-state index in [1.54, 1.807) is 12.1 Å². The number of halogens is 2. The summed E-state index contributed by atoms with van der Waals surface area (Å²) in [5.41, 5.74) is 6.36. The highest BCUT2D eigenvalue weighted by Crippen LogP contribution is 2.17. The monoisotopic (exact) mass is 404 g/mol. The Labute approximate surface area is 150 Å². The summed E-state index contributed by atoms with van der Waals surface area (Å²) in [5, 5.41) is 5.41. The van der Waals surface area contributed by atoms with Gasteiger partial charge in [-0.05, 0) is 37.1 Å². The molecule has 1 fully saturated rings. The lowest BCUT2D eigenvalue weighted by Gasteiger charge is -2.23. The maximum Gasteiger partial charge on any atom is 0.319 e. The molecule has 1 aromatic rings. The second-order valence-corrected chi connectivity index (χ2v) is 6.17. The lowest BCUT2D eigenvalue weighted by molar-refractivity contribution is -0.131. The van der Waals surface area contributed by atoms with Gasteiger partial charge in [0.15, 0.2) is 0 Å². The molecule has 6 nitrogen and oxygen atoms in total. The smallest absolute Gasteiger partial charge is 0.319 e. The number of benzene rings is 1. The van der Waals surface area contributed by atoms with Gasteiger partial charge in [-0.2, -0.15) is 0 Å². The third-order valence-electron chi connectivity index (χ3n) is 3.70. The minimum Gasteiger partial charge on any atom is -0.338 e. The highest BCUT2D eigenvalue weighted by molar-refractivity contribution is 9.10. The van der Waals surface area contributed by atoms with Crippen LogP contribution < -0.4 is 16.4 Å². The van der Waals surface area contributed by atoms with Gasteiger partial charge in [0.1, 0.15) is 0 Å². The number of nitrogens with zero attached hydrogens (tertiary/aromatic N) is 1. The Kier molecular flexibility index (Phi) is 8.36. The van der Waals surface area contributed by atoms with Crippen molar-refractivity contribution in [1.29, 1.82) is 0 Å². The lowest BCUT2D eigenvalue weighted by Crippen LogP contribution is -2.41. The number of carbonyl (C=O) groups is 2. The number of hydrogen-bond acceptors (Lipinski definition) is 3. The molecule has 1 heterocycles. The van der Waals surface area contributed by atoms with Crippen LogP contribution in [-0.2, 0) is 4.79 Å². The van der Waals surface area contributed by atoms with E-state index in [9.17, 15) is 9.59 Å². The molecule has 23 heavy (non-hydrogen) atoms. The number of urea groups is 1. The average molecular weight is 406 g/mol. The highest BCUT2D eigenvalue weighted by Gasteiger charge is 2.26. The van der Waals surface area contributed by atoms with Crippen molar-refractivity contribution >= 4 is 46.0 Å². The van der Waals surface area contributed by atoms with E-state index in [2.05, 4.69) is 26.6 Å². The van der Waals surface area contributed by atoms with Crippen LogP contribution in [0, 0.1) is 0 Å². The molecule has 1 aliphatic heterocycles. The second kappa shape index (κ2) is 9.75. The zero-order valence-electron chi connectivity index (χ0n) is 12.8. The minimum atomic E-state index is -0.313. The van der Waals surface area contributed by atoms with Crippen LogP contribution in [0.1, 0.15) is 19.3 Å². The Balaban J connectivity index is 0.00000264. The molecule has 1 saturated heterocycles. The number of anilines is 1. The zero-order valence-corrected chi connectivity index (χ0v) is 15.2. The predicted molar refractivity (Wildman–Crippen MR) is 96.8 cm³/mol. The molecule has 128 valence electrons. The number of likely N-dealkylation sites (tertiary alicyclic amines) is 1. The van der Waals surface area contributed by atoms with Gasteiger partial charge in [-0.3, -0.25) is 4.79 Å². The number of nitrogens with two attached hydrogens (primary N) is 1. The largest absolute Gasteiger partial charge is 0.338 e. The number of rotatable bonds is 5. The van der Waals surface area contributed by atoms with Crippen molar-refractivity contribution < 1.29 is 9.59 Å². The maximum absolute atomic E-state index is 12.1. The van der Waals surface area contributed by atoms with Crippen molar-refractivity contribution in [1.82, 2.24) is 10.2 Å². The molecule has 1 unspecified atom stereocenters. The summed E-state index contributed by atoms with van der Waals surface area (Å²) < 4.78 is 0.948. The highest BCUT2D eigenvalue weighted by atomic mass is 79.9. The lowest BCUT2D eigenvalue weighted by atomic mass is 10.2. The molecule has 1 atom stereocenters. The molecule has 1 aliphatic rings. The van der Waals surface area contributed by atoms with Crippen molar-refractivity contribution in [2.75, 3.05) is 25.0 Å². The fourth-order valence-electron chi connectivity index (χ4n) is 2.54. The summed E-state index contributed by atoms with van der Waals surface area (Å²) in [7, 11) is 0. The predicted octanol–water partition coefficient (Wildman–Crippen LogP) is 2.33. The maximum atomic E-state index is 12.1. The first-order chi connectivity index (χ1) is 10.6. The van der Waals surface area contributed by atoms with E-state index in [4.69, 9.17) is 5.73 Å². The topological polar surface area (TPSA) is 87.5 Å². The molecule has 0 saturated carbocycles. The van der Waals surface area contributed by atoms with E-state index in [1.807, 2.05) is 17.0 Å². The van der Waals surface area contributed by atoms with Gasteiger partial charge in [-0.15, -0.1) is 12.4 Å². The third kappa shape index (κ3) is 6.01. The van der Waals surface area contributed by atoms with E-state index < -0.39 is 0 Å². The summed E-state index contributed by atoms with van der Waals surface area (Å²) in [6.07, 6.45) is 2.27. The van der Waals surface area contributed by atoms with Gasteiger partial charge >= 0.3 is 6.03 Å². The summed E-state index contributed by atoms with van der Waals surface area (Å²) in [5.74, 6) is 0.0527. The molecule has 1 aromatic carbocycles. The standard InChI is InChI=1S/C15H21BrN4O2.ClH/c16-11-3-5-12(6-4-11)19-15(22)18-8-7-14(21)20-9-1-2-13(20)10-17;/h3-6,13H,1-2,7-10,17H2,(H2,18,19,22);1H. The molecule has 0 spiro atoms. The molecule has 2 rings (SSSR count). The molecule has 4 N–H and O–H groups in total. The molecule has 8 heteroatoms. The van der Waals surface area contributed by atoms with Crippen LogP contribution in [-0.4, -0.2) is 42.5 Å². The van der Waals surface area contributed by atoms with Gasteiger partial charge in [0, 0.05) is 42.3 Å². The molecular formula is C15H22BrClN4O2. The fraction of sp³-hybridized carbons (Fsp3) is 0.467. The van der Waals surface area contributed by atoms with Crippen LogP contribution in [0.5, 0.6) is 0 Å². The average Bonchev–Trinajstić information content (AvgIpc) is 2.98. The first kappa shape index (κ1) is 19.7. The molecule has 3 amide bonds. The third-order valence-corrected chi connectivity index (χ3v) is 4.22. The Hall–Kier alpha value is -1.31. The van der Waals surface area contributed by atoms with Crippen LogP contribution in [0.2, 0.25) is 0 Å². The van der Waals surface area contributed by atoms with E-state index in [-0.39, 0.29) is 30.4 Å². The van der Waals surface area contributed by atoms with Gasteiger partial charge in [-0.1, -0.05) is 15.9 Å². The van der Waals surface area contributed by atoms with E-state index in [0.29, 0.717) is 25.2 Å².